The van der Waals surface area contributed by atoms with Crippen molar-refractivity contribution in [2.45, 2.75) is 6.42 Å². The molecule has 0 aromatic carbocycles. The van der Waals surface area contributed by atoms with Gasteiger partial charge in [0.1, 0.15) is 13.1 Å². The van der Waals surface area contributed by atoms with Gasteiger partial charge in [0.05, 0.1) is 26.3 Å². The molecule has 2 aliphatic heterocycles. The predicted octanol–water partition coefficient (Wildman–Crippen LogP) is 0.237. The first-order chi connectivity index (χ1) is 4.41. The van der Waals surface area contributed by atoms with Gasteiger partial charge in [0.2, 0.25) is 0 Å². The molecular formula is C7H14NO+. The van der Waals surface area contributed by atoms with Gasteiger partial charge in [-0.2, -0.15) is 0 Å². The van der Waals surface area contributed by atoms with Crippen molar-refractivity contribution in [2.75, 3.05) is 39.4 Å². The second-order valence-electron chi connectivity index (χ2n) is 3.20. The van der Waals surface area contributed by atoms with E-state index in [9.17, 15) is 0 Å². The first kappa shape index (κ1) is 5.69. The van der Waals surface area contributed by atoms with Crippen LogP contribution in [0, 0.1) is 0 Å². The minimum Gasteiger partial charge on any atom is -0.370 e. The quantitative estimate of drug-likeness (QED) is 0.424. The molecule has 2 heteroatoms. The van der Waals surface area contributed by atoms with Gasteiger partial charge in [-0.3, -0.25) is 0 Å². The minimum absolute atomic E-state index is 1.00. The van der Waals surface area contributed by atoms with E-state index in [2.05, 4.69) is 0 Å². The Labute approximate surface area is 56.0 Å². The summed E-state index contributed by atoms with van der Waals surface area (Å²) in [5.74, 6) is 0. The summed E-state index contributed by atoms with van der Waals surface area (Å²) < 4.78 is 6.66. The minimum atomic E-state index is 1.00. The molecule has 52 valence electrons. The molecule has 2 heterocycles. The highest BCUT2D eigenvalue weighted by atomic mass is 16.5. The third kappa shape index (κ3) is 0.864. The Morgan fingerprint density at radius 3 is 1.89 bits per heavy atom. The largest absolute Gasteiger partial charge is 0.370 e. The van der Waals surface area contributed by atoms with Crippen LogP contribution in [0.5, 0.6) is 0 Å². The van der Waals surface area contributed by atoms with Crippen LogP contribution in [0.25, 0.3) is 0 Å². The molecule has 0 aromatic heterocycles. The summed E-state index contributed by atoms with van der Waals surface area (Å²) in [6.07, 6.45) is 1.44. The number of quaternary nitrogens is 1. The van der Waals surface area contributed by atoms with Crippen molar-refractivity contribution < 1.29 is 9.22 Å². The Morgan fingerprint density at radius 2 is 1.56 bits per heavy atom. The first-order valence-corrected chi connectivity index (χ1v) is 3.84. The molecule has 2 fully saturated rings. The lowest BCUT2D eigenvalue weighted by Gasteiger charge is -2.47. The van der Waals surface area contributed by atoms with Crippen LogP contribution in [0.2, 0.25) is 0 Å². The average Bonchev–Trinajstić information content (AvgIpc) is 1.87. The van der Waals surface area contributed by atoms with E-state index in [-0.39, 0.29) is 0 Å². The van der Waals surface area contributed by atoms with Crippen LogP contribution in [-0.2, 0) is 4.74 Å². The average molecular weight is 128 g/mol. The Bertz CT molecular complexity index is 101. The van der Waals surface area contributed by atoms with E-state index in [0.29, 0.717) is 0 Å². The Hall–Kier alpha value is -0.0800. The molecule has 1 spiro atoms. The molecule has 2 rings (SSSR count). The SMILES string of the molecule is C1C[N+]2(C1)CCOCC2. The first-order valence-electron chi connectivity index (χ1n) is 3.84. The molecule has 0 amide bonds. The van der Waals surface area contributed by atoms with Crippen molar-refractivity contribution in [1.29, 1.82) is 0 Å². The zero-order valence-corrected chi connectivity index (χ0v) is 5.81. The van der Waals surface area contributed by atoms with Gasteiger partial charge in [0, 0.05) is 6.42 Å². The Morgan fingerprint density at radius 1 is 0.889 bits per heavy atom. The number of hydrogen-bond acceptors (Lipinski definition) is 1. The lowest BCUT2D eigenvalue weighted by Crippen LogP contribution is -2.62. The number of rotatable bonds is 0. The fourth-order valence-electron chi connectivity index (χ4n) is 1.78. The maximum Gasteiger partial charge on any atom is 0.102 e. The van der Waals surface area contributed by atoms with Gasteiger partial charge in [0.25, 0.3) is 0 Å². The highest BCUT2D eigenvalue weighted by Gasteiger charge is 2.36. The van der Waals surface area contributed by atoms with Crippen molar-refractivity contribution in [1.82, 2.24) is 0 Å². The summed E-state index contributed by atoms with van der Waals surface area (Å²) in [5.41, 5.74) is 0. The second-order valence-corrected chi connectivity index (χ2v) is 3.20. The van der Waals surface area contributed by atoms with Gasteiger partial charge < -0.3 is 9.22 Å². The van der Waals surface area contributed by atoms with Crippen LogP contribution in [0.4, 0.5) is 0 Å². The van der Waals surface area contributed by atoms with E-state index < -0.39 is 0 Å². The topological polar surface area (TPSA) is 9.23 Å². The summed E-state index contributed by atoms with van der Waals surface area (Å²) in [7, 11) is 0. The molecule has 0 N–H and O–H groups in total. The highest BCUT2D eigenvalue weighted by Crippen LogP contribution is 2.21. The zero-order chi connectivity index (χ0) is 6.16. The van der Waals surface area contributed by atoms with E-state index in [1.807, 2.05) is 0 Å². The summed E-state index contributed by atoms with van der Waals surface area (Å²) in [6.45, 7) is 7.40. The summed E-state index contributed by atoms with van der Waals surface area (Å²) in [5, 5.41) is 0. The van der Waals surface area contributed by atoms with Gasteiger partial charge in [0.15, 0.2) is 0 Å². The number of nitrogens with zero attached hydrogens (tertiary/aromatic N) is 1. The van der Waals surface area contributed by atoms with Gasteiger partial charge in [-0.1, -0.05) is 0 Å². The van der Waals surface area contributed by atoms with E-state index in [1.54, 1.807) is 0 Å². The number of morpholine rings is 1. The molecule has 2 nitrogen and oxygen atoms in total. The maximum atomic E-state index is 5.28. The predicted molar refractivity (Wildman–Crippen MR) is 35.2 cm³/mol. The maximum absolute atomic E-state index is 5.28. The molecule has 0 aromatic rings. The Kier molecular flexibility index (Phi) is 1.24. The van der Waals surface area contributed by atoms with Gasteiger partial charge in [-0.25, -0.2) is 0 Å². The van der Waals surface area contributed by atoms with Gasteiger partial charge in [-0.05, 0) is 0 Å². The van der Waals surface area contributed by atoms with Crippen molar-refractivity contribution in [3.63, 3.8) is 0 Å². The smallest absolute Gasteiger partial charge is 0.102 e. The monoisotopic (exact) mass is 128 g/mol. The number of ether oxygens (including phenoxy) is 1. The standard InChI is InChI=1S/C7H14NO/c1-2-8(3-1)4-6-9-7-5-8/h1-7H2/q+1. The normalized spacial score (nSPS) is 32.0. The van der Waals surface area contributed by atoms with Crippen LogP contribution < -0.4 is 0 Å². The van der Waals surface area contributed by atoms with Crippen molar-refractivity contribution >= 4 is 0 Å². The molecule has 0 aliphatic carbocycles. The molecule has 9 heavy (non-hydrogen) atoms. The molecule has 2 saturated heterocycles. The lowest BCUT2D eigenvalue weighted by molar-refractivity contribution is -0.969. The van der Waals surface area contributed by atoms with E-state index in [1.165, 1.54) is 37.1 Å². The number of hydrogen-bond donors (Lipinski definition) is 0. The van der Waals surface area contributed by atoms with Crippen LogP contribution in [0.3, 0.4) is 0 Å². The zero-order valence-electron chi connectivity index (χ0n) is 5.81. The molecule has 0 radical (unpaired) electrons. The molecular weight excluding hydrogens is 114 g/mol. The van der Waals surface area contributed by atoms with Crippen LogP contribution in [0.1, 0.15) is 6.42 Å². The molecule has 0 bridgehead atoms. The van der Waals surface area contributed by atoms with E-state index >= 15 is 0 Å². The summed E-state index contributed by atoms with van der Waals surface area (Å²) >= 11 is 0. The molecule has 2 aliphatic rings. The van der Waals surface area contributed by atoms with Crippen molar-refractivity contribution in [3.8, 4) is 0 Å². The van der Waals surface area contributed by atoms with Crippen LogP contribution in [-0.4, -0.2) is 43.9 Å². The lowest BCUT2D eigenvalue weighted by atomic mass is 10.1. The molecule has 0 atom stereocenters. The summed E-state index contributed by atoms with van der Waals surface area (Å²) in [4.78, 5) is 0. The van der Waals surface area contributed by atoms with Gasteiger partial charge >= 0.3 is 0 Å². The third-order valence-corrected chi connectivity index (χ3v) is 2.68. The molecule has 0 unspecified atom stereocenters. The second kappa shape index (κ2) is 1.96. The Balaban J connectivity index is 1.93. The van der Waals surface area contributed by atoms with Crippen LogP contribution in [0.15, 0.2) is 0 Å². The summed E-state index contributed by atoms with van der Waals surface area (Å²) in [6, 6.07) is 0. The van der Waals surface area contributed by atoms with Crippen LogP contribution >= 0.6 is 0 Å². The van der Waals surface area contributed by atoms with Crippen molar-refractivity contribution in [2.24, 2.45) is 0 Å². The van der Waals surface area contributed by atoms with Gasteiger partial charge in [-0.15, -0.1) is 0 Å². The molecule has 0 saturated carbocycles. The third-order valence-electron chi connectivity index (χ3n) is 2.68. The van der Waals surface area contributed by atoms with E-state index in [4.69, 9.17) is 4.74 Å². The fraction of sp³-hybridized carbons (Fsp3) is 1.00. The van der Waals surface area contributed by atoms with E-state index in [0.717, 1.165) is 13.2 Å². The van der Waals surface area contributed by atoms with Crippen molar-refractivity contribution in [3.05, 3.63) is 0 Å². The highest BCUT2D eigenvalue weighted by molar-refractivity contribution is 4.58. The fourth-order valence-corrected chi connectivity index (χ4v) is 1.78.